The van der Waals surface area contributed by atoms with E-state index in [1.54, 1.807) is 12.1 Å². The monoisotopic (exact) mass is 417 g/mol. The van der Waals surface area contributed by atoms with Crippen LogP contribution in [-0.4, -0.2) is 22.2 Å². The van der Waals surface area contributed by atoms with Crippen LogP contribution in [0.1, 0.15) is 29.9 Å². The van der Waals surface area contributed by atoms with E-state index in [4.69, 9.17) is 23.2 Å². The van der Waals surface area contributed by atoms with E-state index < -0.39 is 0 Å². The minimum absolute atomic E-state index is 0.0322. The molecule has 3 aromatic rings. The zero-order valence-electron chi connectivity index (χ0n) is 16.0. The van der Waals surface area contributed by atoms with Crippen molar-refractivity contribution in [2.24, 2.45) is 0 Å². The molecule has 1 amide bonds. The third-order valence-electron chi connectivity index (χ3n) is 4.67. The van der Waals surface area contributed by atoms with Crippen LogP contribution in [-0.2, 0) is 4.79 Å². The number of nitrogens with one attached hydrogen (secondary N) is 1. The molecule has 0 aliphatic heterocycles. The van der Waals surface area contributed by atoms with Gasteiger partial charge in [0.05, 0.1) is 27.8 Å². The zero-order valence-corrected chi connectivity index (χ0v) is 17.6. The lowest BCUT2D eigenvalue weighted by Crippen LogP contribution is -2.86. The minimum Gasteiger partial charge on any atom is -0.332 e. The van der Waals surface area contributed by atoms with Crippen molar-refractivity contribution in [3.8, 4) is 5.69 Å². The molecule has 0 aliphatic carbocycles. The van der Waals surface area contributed by atoms with Crippen LogP contribution >= 0.6 is 23.2 Å². The third kappa shape index (κ3) is 4.55. The summed E-state index contributed by atoms with van der Waals surface area (Å²) < 4.78 is 1.84. The highest BCUT2D eigenvalue weighted by Gasteiger charge is 2.18. The summed E-state index contributed by atoms with van der Waals surface area (Å²) in [6.45, 7) is 6.12. The summed E-state index contributed by atoms with van der Waals surface area (Å²) in [6, 6.07) is 15.3. The highest BCUT2D eigenvalue weighted by Crippen LogP contribution is 2.25. The van der Waals surface area contributed by atoms with Gasteiger partial charge in [-0.3, -0.25) is 4.79 Å². The predicted molar refractivity (Wildman–Crippen MR) is 113 cm³/mol. The van der Waals surface area contributed by atoms with Crippen molar-refractivity contribution in [2.75, 3.05) is 11.9 Å². The number of hydrogen-bond acceptors (Lipinski definition) is 2. The Bertz CT molecular complexity index is 986. The van der Waals surface area contributed by atoms with Crippen LogP contribution in [0.5, 0.6) is 0 Å². The van der Waals surface area contributed by atoms with Gasteiger partial charge in [-0.25, -0.2) is 4.68 Å². The molecule has 0 spiro atoms. The van der Waals surface area contributed by atoms with Crippen LogP contribution in [0.3, 0.4) is 0 Å². The van der Waals surface area contributed by atoms with E-state index in [2.05, 4.69) is 10.4 Å². The number of anilines is 1. The number of carbonyl (C=O) groups excluding carboxylic acids is 1. The van der Waals surface area contributed by atoms with Crippen molar-refractivity contribution in [1.29, 1.82) is 0 Å². The van der Waals surface area contributed by atoms with Crippen molar-refractivity contribution in [3.63, 3.8) is 0 Å². The summed E-state index contributed by atoms with van der Waals surface area (Å²) in [5.41, 5.74) is 4.33. The van der Waals surface area contributed by atoms with E-state index in [0.29, 0.717) is 10.0 Å². The molecular weight excluding hydrogens is 395 g/mol. The Kier molecular flexibility index (Phi) is 6.39. The molecule has 0 bridgehead atoms. The Hall–Kier alpha value is -2.34. The standard InChI is InChI=1S/C21H22Cl2N4O/c1-13(18-10-9-16(22)11-19(18)23)24-12-20(28)25-21-14(2)26-27(15(21)3)17-7-5-4-6-8-17/h4-11,13,24H,12H2,1-3H3,(H,25,28)/p+1/t13-/m1/s1. The fourth-order valence-electron chi connectivity index (χ4n) is 3.12. The number of carbonyl (C=O) groups is 1. The molecule has 0 aliphatic rings. The summed E-state index contributed by atoms with van der Waals surface area (Å²) >= 11 is 12.2. The molecule has 0 unspecified atom stereocenters. The second kappa shape index (κ2) is 8.78. The van der Waals surface area contributed by atoms with Gasteiger partial charge < -0.3 is 10.6 Å². The first-order valence-electron chi connectivity index (χ1n) is 9.06. The first kappa shape index (κ1) is 20.4. The van der Waals surface area contributed by atoms with E-state index in [1.165, 1.54) is 0 Å². The predicted octanol–water partition coefficient (Wildman–Crippen LogP) is 4.06. The molecule has 28 heavy (non-hydrogen) atoms. The highest BCUT2D eigenvalue weighted by atomic mass is 35.5. The highest BCUT2D eigenvalue weighted by molar-refractivity contribution is 6.35. The molecular formula is C21H23Cl2N4O+. The van der Waals surface area contributed by atoms with E-state index in [1.807, 2.05) is 67.2 Å². The van der Waals surface area contributed by atoms with E-state index in [0.717, 1.165) is 28.3 Å². The van der Waals surface area contributed by atoms with Gasteiger partial charge in [0.25, 0.3) is 5.91 Å². The topological polar surface area (TPSA) is 63.5 Å². The van der Waals surface area contributed by atoms with Crippen molar-refractivity contribution in [1.82, 2.24) is 9.78 Å². The fourth-order valence-corrected chi connectivity index (χ4v) is 3.70. The number of para-hydroxylation sites is 1. The second-order valence-electron chi connectivity index (χ2n) is 6.74. The largest absolute Gasteiger partial charge is 0.332 e. The number of nitrogens with zero attached hydrogens (tertiary/aromatic N) is 2. The second-order valence-corrected chi connectivity index (χ2v) is 7.58. The van der Waals surface area contributed by atoms with Gasteiger partial charge >= 0.3 is 0 Å². The van der Waals surface area contributed by atoms with Gasteiger partial charge in [0, 0.05) is 10.6 Å². The number of hydrogen-bond donors (Lipinski definition) is 2. The molecule has 0 radical (unpaired) electrons. The van der Waals surface area contributed by atoms with Gasteiger partial charge in [0.15, 0.2) is 6.54 Å². The van der Waals surface area contributed by atoms with Crippen LogP contribution in [0.4, 0.5) is 5.69 Å². The van der Waals surface area contributed by atoms with Crippen molar-refractivity contribution in [2.45, 2.75) is 26.8 Å². The van der Waals surface area contributed by atoms with E-state index >= 15 is 0 Å². The molecule has 146 valence electrons. The third-order valence-corrected chi connectivity index (χ3v) is 5.23. The molecule has 3 rings (SSSR count). The van der Waals surface area contributed by atoms with Gasteiger partial charge in [0.1, 0.15) is 6.04 Å². The number of benzene rings is 2. The van der Waals surface area contributed by atoms with E-state index in [9.17, 15) is 4.79 Å². The molecule has 0 saturated heterocycles. The van der Waals surface area contributed by atoms with Crippen LogP contribution in [0.25, 0.3) is 5.69 Å². The lowest BCUT2D eigenvalue weighted by molar-refractivity contribution is -0.682. The Labute approximate surface area is 174 Å². The Balaban J connectivity index is 1.66. The average molecular weight is 418 g/mol. The maximum absolute atomic E-state index is 12.5. The van der Waals surface area contributed by atoms with Crippen LogP contribution < -0.4 is 10.6 Å². The molecule has 0 fully saturated rings. The first-order chi connectivity index (χ1) is 13.4. The Morgan fingerprint density at radius 1 is 1.18 bits per heavy atom. The van der Waals surface area contributed by atoms with Crippen molar-refractivity contribution >= 4 is 34.8 Å². The van der Waals surface area contributed by atoms with Gasteiger partial charge in [-0.1, -0.05) is 47.5 Å². The normalized spacial score (nSPS) is 12.0. The fraction of sp³-hybridized carbons (Fsp3) is 0.238. The smallest absolute Gasteiger partial charge is 0.279 e. The molecule has 1 heterocycles. The minimum atomic E-state index is -0.0873. The molecule has 3 N–H and O–H groups in total. The number of amides is 1. The maximum Gasteiger partial charge on any atom is 0.279 e. The number of quaternary nitrogens is 1. The SMILES string of the molecule is Cc1nn(-c2ccccc2)c(C)c1NC(=O)C[NH2+][C@H](C)c1ccc(Cl)cc1Cl. The lowest BCUT2D eigenvalue weighted by atomic mass is 10.1. The summed E-state index contributed by atoms with van der Waals surface area (Å²) in [7, 11) is 0. The Morgan fingerprint density at radius 3 is 2.57 bits per heavy atom. The summed E-state index contributed by atoms with van der Waals surface area (Å²) in [5.74, 6) is -0.0873. The molecule has 7 heteroatoms. The number of halogens is 2. The van der Waals surface area contributed by atoms with Gasteiger partial charge in [-0.15, -0.1) is 0 Å². The maximum atomic E-state index is 12.5. The van der Waals surface area contributed by atoms with Gasteiger partial charge in [-0.05, 0) is 45.0 Å². The quantitative estimate of drug-likeness (QED) is 0.634. The summed E-state index contributed by atoms with van der Waals surface area (Å²) in [6.07, 6.45) is 0. The number of rotatable bonds is 6. The number of aryl methyl sites for hydroxylation is 1. The first-order valence-corrected chi connectivity index (χ1v) is 9.82. The lowest BCUT2D eigenvalue weighted by Gasteiger charge is -2.13. The summed E-state index contributed by atoms with van der Waals surface area (Å²) in [5, 5.41) is 10.7. The van der Waals surface area contributed by atoms with E-state index in [-0.39, 0.29) is 18.5 Å². The molecule has 5 nitrogen and oxygen atoms in total. The van der Waals surface area contributed by atoms with Crippen molar-refractivity contribution in [3.05, 3.63) is 75.5 Å². The van der Waals surface area contributed by atoms with Gasteiger partial charge in [-0.2, -0.15) is 5.10 Å². The average Bonchev–Trinajstić information content (AvgIpc) is 2.95. The Morgan fingerprint density at radius 2 is 1.89 bits per heavy atom. The van der Waals surface area contributed by atoms with Gasteiger partial charge in [0.2, 0.25) is 0 Å². The van der Waals surface area contributed by atoms with Crippen LogP contribution in [0.15, 0.2) is 48.5 Å². The zero-order chi connectivity index (χ0) is 20.3. The molecule has 0 saturated carbocycles. The van der Waals surface area contributed by atoms with Crippen LogP contribution in [0.2, 0.25) is 10.0 Å². The number of nitrogens with two attached hydrogens (primary N) is 1. The number of aromatic nitrogens is 2. The summed E-state index contributed by atoms with van der Waals surface area (Å²) in [4.78, 5) is 12.5. The van der Waals surface area contributed by atoms with Crippen molar-refractivity contribution < 1.29 is 10.1 Å². The molecule has 1 aromatic heterocycles. The van der Waals surface area contributed by atoms with Crippen LogP contribution in [0, 0.1) is 13.8 Å². The molecule has 1 atom stereocenters. The molecule has 2 aromatic carbocycles.